The molecule has 0 saturated carbocycles. The summed E-state index contributed by atoms with van der Waals surface area (Å²) in [7, 11) is 0. The van der Waals surface area contributed by atoms with Gasteiger partial charge >= 0.3 is 12.0 Å². The smallest absolute Gasteiger partial charge is 0.335 e. The first-order valence-electron chi connectivity index (χ1n) is 5.76. The van der Waals surface area contributed by atoms with Crippen molar-refractivity contribution < 1.29 is 19.4 Å². The maximum atomic E-state index is 11.3. The molecular weight excluding hydrogens is 316 g/mol. The average Bonchev–Trinajstić information content (AvgIpc) is 2.77. The van der Waals surface area contributed by atoms with Crippen molar-refractivity contribution in [3.05, 3.63) is 28.2 Å². The van der Waals surface area contributed by atoms with Gasteiger partial charge in [-0.25, -0.2) is 9.59 Å². The summed E-state index contributed by atoms with van der Waals surface area (Å²) in [6, 6.07) is 4.48. The highest BCUT2D eigenvalue weighted by Gasteiger charge is 2.18. The van der Waals surface area contributed by atoms with Crippen LogP contribution in [0.5, 0.6) is 5.75 Å². The number of benzene rings is 1. The Morgan fingerprint density at radius 2 is 2.32 bits per heavy atom. The van der Waals surface area contributed by atoms with E-state index in [0.717, 1.165) is 0 Å². The molecule has 1 heterocycles. The summed E-state index contributed by atoms with van der Waals surface area (Å²) in [6.07, 6.45) is 0. The largest absolute Gasteiger partial charge is 0.491 e. The Morgan fingerprint density at radius 1 is 1.53 bits per heavy atom. The van der Waals surface area contributed by atoms with Crippen molar-refractivity contribution in [1.29, 1.82) is 0 Å². The van der Waals surface area contributed by atoms with E-state index in [9.17, 15) is 9.59 Å². The van der Waals surface area contributed by atoms with Gasteiger partial charge in [0.15, 0.2) is 0 Å². The minimum Gasteiger partial charge on any atom is -0.491 e. The second-order valence-electron chi connectivity index (χ2n) is 4.02. The summed E-state index contributed by atoms with van der Waals surface area (Å²) >= 11 is 3.26. The molecule has 0 aliphatic carbocycles. The molecular formula is C12H13BrN2O4. The van der Waals surface area contributed by atoms with Gasteiger partial charge in [-0.2, -0.15) is 0 Å². The van der Waals surface area contributed by atoms with E-state index >= 15 is 0 Å². The second kappa shape index (κ2) is 5.92. The van der Waals surface area contributed by atoms with Crippen LogP contribution in [0.4, 0.5) is 4.79 Å². The fourth-order valence-corrected chi connectivity index (χ4v) is 2.23. The van der Waals surface area contributed by atoms with Crippen molar-refractivity contribution >= 4 is 27.9 Å². The van der Waals surface area contributed by atoms with Crippen LogP contribution in [0.15, 0.2) is 22.7 Å². The van der Waals surface area contributed by atoms with Crippen LogP contribution in [-0.4, -0.2) is 48.2 Å². The standard InChI is InChI=1S/C12H13BrN2O4/c13-9-7-8(11(16)17)1-2-10(9)19-6-5-15-4-3-14-12(15)18/h1-2,7H,3-6H2,(H,14,18)(H,16,17). The molecule has 1 saturated heterocycles. The van der Waals surface area contributed by atoms with Crippen LogP contribution in [0.1, 0.15) is 10.4 Å². The highest BCUT2D eigenvalue weighted by Crippen LogP contribution is 2.26. The number of carbonyl (C=O) groups is 2. The Balaban J connectivity index is 1.89. The van der Waals surface area contributed by atoms with Gasteiger partial charge in [-0.05, 0) is 34.1 Å². The van der Waals surface area contributed by atoms with E-state index in [-0.39, 0.29) is 11.6 Å². The summed E-state index contributed by atoms with van der Waals surface area (Å²) in [4.78, 5) is 23.7. The lowest BCUT2D eigenvalue weighted by atomic mass is 10.2. The summed E-state index contributed by atoms with van der Waals surface area (Å²) in [5.74, 6) is -0.425. The number of carboxylic acids is 1. The summed E-state index contributed by atoms with van der Waals surface area (Å²) in [5.41, 5.74) is 0.193. The van der Waals surface area contributed by atoms with Gasteiger partial charge in [0, 0.05) is 13.1 Å². The molecule has 1 aliphatic heterocycles. The molecule has 1 aromatic rings. The van der Waals surface area contributed by atoms with E-state index in [1.807, 2.05) is 0 Å². The third-order valence-corrected chi connectivity index (χ3v) is 3.36. The zero-order valence-electron chi connectivity index (χ0n) is 10.1. The number of aromatic carboxylic acids is 1. The number of carboxylic acid groups (broad SMARTS) is 1. The molecule has 2 rings (SSSR count). The van der Waals surface area contributed by atoms with Gasteiger partial charge in [0.1, 0.15) is 12.4 Å². The Hall–Kier alpha value is -1.76. The van der Waals surface area contributed by atoms with E-state index in [0.29, 0.717) is 36.5 Å². The minimum absolute atomic E-state index is 0.0797. The molecule has 2 N–H and O–H groups in total. The highest BCUT2D eigenvalue weighted by atomic mass is 79.9. The number of nitrogens with zero attached hydrogens (tertiary/aromatic N) is 1. The van der Waals surface area contributed by atoms with Crippen molar-refractivity contribution in [1.82, 2.24) is 10.2 Å². The van der Waals surface area contributed by atoms with Crippen LogP contribution in [0, 0.1) is 0 Å². The fourth-order valence-electron chi connectivity index (χ4n) is 1.74. The summed E-state index contributed by atoms with van der Waals surface area (Å²) in [6.45, 7) is 2.20. The first-order chi connectivity index (χ1) is 9.08. The third kappa shape index (κ3) is 3.37. The zero-order valence-corrected chi connectivity index (χ0v) is 11.6. The molecule has 1 fully saturated rings. The molecule has 19 heavy (non-hydrogen) atoms. The van der Waals surface area contributed by atoms with Crippen LogP contribution in [0.25, 0.3) is 0 Å². The molecule has 1 aliphatic rings. The summed E-state index contributed by atoms with van der Waals surface area (Å²) < 4.78 is 6.10. The monoisotopic (exact) mass is 328 g/mol. The van der Waals surface area contributed by atoms with Crippen molar-refractivity contribution in [2.45, 2.75) is 0 Å². The second-order valence-corrected chi connectivity index (χ2v) is 4.87. The number of hydrogen-bond donors (Lipinski definition) is 2. The molecule has 0 atom stereocenters. The van der Waals surface area contributed by atoms with Crippen LogP contribution >= 0.6 is 15.9 Å². The van der Waals surface area contributed by atoms with E-state index in [1.54, 1.807) is 11.0 Å². The zero-order chi connectivity index (χ0) is 13.8. The van der Waals surface area contributed by atoms with Crippen LogP contribution in [0.3, 0.4) is 0 Å². The highest BCUT2D eigenvalue weighted by molar-refractivity contribution is 9.10. The number of carbonyl (C=O) groups excluding carboxylic acids is 1. The van der Waals surface area contributed by atoms with E-state index in [2.05, 4.69) is 21.2 Å². The Morgan fingerprint density at radius 3 is 2.89 bits per heavy atom. The number of halogens is 1. The van der Waals surface area contributed by atoms with Crippen LogP contribution in [0.2, 0.25) is 0 Å². The van der Waals surface area contributed by atoms with Gasteiger partial charge in [-0.15, -0.1) is 0 Å². The molecule has 0 radical (unpaired) electrons. The van der Waals surface area contributed by atoms with Gasteiger partial charge in [0.2, 0.25) is 0 Å². The number of nitrogens with one attached hydrogen (secondary N) is 1. The number of amides is 2. The molecule has 0 aromatic heterocycles. The maximum Gasteiger partial charge on any atom is 0.335 e. The molecule has 1 aromatic carbocycles. The maximum absolute atomic E-state index is 11.3. The van der Waals surface area contributed by atoms with E-state index < -0.39 is 5.97 Å². The molecule has 7 heteroatoms. The fraction of sp³-hybridized carbons (Fsp3) is 0.333. The quantitative estimate of drug-likeness (QED) is 0.859. The Labute approximate surface area is 118 Å². The van der Waals surface area contributed by atoms with Gasteiger partial charge in [0.25, 0.3) is 0 Å². The molecule has 0 spiro atoms. The molecule has 102 valence electrons. The van der Waals surface area contributed by atoms with E-state index in [1.165, 1.54) is 12.1 Å². The van der Waals surface area contributed by atoms with Crippen molar-refractivity contribution in [3.8, 4) is 5.75 Å². The topological polar surface area (TPSA) is 78.9 Å². The van der Waals surface area contributed by atoms with Crippen molar-refractivity contribution in [2.24, 2.45) is 0 Å². The van der Waals surface area contributed by atoms with Crippen molar-refractivity contribution in [3.63, 3.8) is 0 Å². The Kier molecular flexibility index (Phi) is 4.26. The normalized spacial score (nSPS) is 14.4. The van der Waals surface area contributed by atoms with E-state index in [4.69, 9.17) is 9.84 Å². The molecule has 2 amide bonds. The lowest BCUT2D eigenvalue weighted by Crippen LogP contribution is -2.31. The van der Waals surface area contributed by atoms with Gasteiger partial charge < -0.3 is 20.1 Å². The number of urea groups is 1. The SMILES string of the molecule is O=C(O)c1ccc(OCCN2CCNC2=O)c(Br)c1. The molecule has 0 unspecified atom stereocenters. The lowest BCUT2D eigenvalue weighted by molar-refractivity contribution is 0.0696. The number of ether oxygens (including phenoxy) is 1. The van der Waals surface area contributed by atoms with Gasteiger partial charge in [-0.3, -0.25) is 0 Å². The van der Waals surface area contributed by atoms with Gasteiger partial charge in [-0.1, -0.05) is 0 Å². The predicted molar refractivity (Wildman–Crippen MR) is 71.6 cm³/mol. The minimum atomic E-state index is -0.985. The van der Waals surface area contributed by atoms with Crippen LogP contribution < -0.4 is 10.1 Å². The first-order valence-corrected chi connectivity index (χ1v) is 6.55. The lowest BCUT2D eigenvalue weighted by Gasteiger charge is -2.15. The molecule has 0 bridgehead atoms. The third-order valence-electron chi connectivity index (χ3n) is 2.74. The number of hydrogen-bond acceptors (Lipinski definition) is 3. The number of rotatable bonds is 5. The van der Waals surface area contributed by atoms with Gasteiger partial charge in [0.05, 0.1) is 16.6 Å². The summed E-state index contributed by atoms with van der Waals surface area (Å²) in [5, 5.41) is 11.5. The van der Waals surface area contributed by atoms with Crippen LogP contribution in [-0.2, 0) is 0 Å². The van der Waals surface area contributed by atoms with Crippen molar-refractivity contribution in [2.75, 3.05) is 26.2 Å². The predicted octanol–water partition coefficient (Wildman–Crippen LogP) is 1.55. The first kappa shape index (κ1) is 13.7. The Bertz CT molecular complexity index is 507. The average molecular weight is 329 g/mol. The molecule has 6 nitrogen and oxygen atoms in total.